The van der Waals surface area contributed by atoms with E-state index in [0.717, 1.165) is 0 Å². The van der Waals surface area contributed by atoms with Gasteiger partial charge in [0.25, 0.3) is 0 Å². The summed E-state index contributed by atoms with van der Waals surface area (Å²) in [5, 5.41) is 7.10. The van der Waals surface area contributed by atoms with Crippen molar-refractivity contribution >= 4 is 35.3 Å². The molecule has 2 rings (SSSR count). The Labute approximate surface area is 150 Å². The van der Waals surface area contributed by atoms with Gasteiger partial charge >= 0.3 is 0 Å². The van der Waals surface area contributed by atoms with Gasteiger partial charge in [-0.05, 0) is 30.3 Å². The Bertz CT molecular complexity index is 763. The van der Waals surface area contributed by atoms with Gasteiger partial charge in [0.15, 0.2) is 0 Å². The molecule has 0 aromatic heterocycles. The van der Waals surface area contributed by atoms with Gasteiger partial charge in [-0.2, -0.15) is 5.10 Å². The summed E-state index contributed by atoms with van der Waals surface area (Å²) in [6.45, 7) is 0. The van der Waals surface area contributed by atoms with E-state index in [9.17, 15) is 9.59 Å². The molecule has 2 N–H and O–H groups in total. The zero-order valence-electron chi connectivity index (χ0n) is 13.7. The number of amides is 2. The van der Waals surface area contributed by atoms with Crippen molar-refractivity contribution in [1.29, 1.82) is 0 Å². The molecule has 0 atom stereocenters. The predicted molar refractivity (Wildman–Crippen MR) is 98.0 cm³/mol. The van der Waals surface area contributed by atoms with Crippen LogP contribution in [0, 0.1) is 0 Å². The number of nitrogens with zero attached hydrogens (tertiary/aromatic N) is 1. The fourth-order valence-corrected chi connectivity index (χ4v) is 2.19. The van der Waals surface area contributed by atoms with Crippen LogP contribution in [0.5, 0.6) is 5.75 Å². The minimum Gasteiger partial charge on any atom is -0.496 e. The molecule has 2 aromatic carbocycles. The smallest absolute Gasteiger partial charge is 0.240 e. The minimum absolute atomic E-state index is 0.0304. The molecule has 0 aliphatic carbocycles. The first-order valence-corrected chi connectivity index (χ1v) is 7.96. The number of ether oxygens (including phenoxy) is 1. The van der Waals surface area contributed by atoms with Crippen LogP contribution in [0.2, 0.25) is 5.02 Å². The molecule has 0 aliphatic heterocycles. The molecule has 0 spiro atoms. The lowest BCUT2D eigenvalue weighted by Crippen LogP contribution is -2.20. The molecule has 6 nitrogen and oxygen atoms in total. The molecule has 0 bridgehead atoms. The van der Waals surface area contributed by atoms with E-state index < -0.39 is 0 Å². The highest BCUT2D eigenvalue weighted by molar-refractivity contribution is 6.30. The van der Waals surface area contributed by atoms with E-state index >= 15 is 0 Å². The number of hydrazone groups is 1. The number of carbonyl (C=O) groups excluding carboxylic acids is 2. The molecule has 0 unspecified atom stereocenters. The van der Waals surface area contributed by atoms with E-state index in [4.69, 9.17) is 16.3 Å². The molecule has 7 heteroatoms. The van der Waals surface area contributed by atoms with E-state index in [1.54, 1.807) is 30.3 Å². The number of carbonyl (C=O) groups is 2. The van der Waals surface area contributed by atoms with Crippen molar-refractivity contribution in [1.82, 2.24) is 5.43 Å². The second kappa shape index (κ2) is 9.44. The third-order valence-electron chi connectivity index (χ3n) is 3.22. The van der Waals surface area contributed by atoms with Gasteiger partial charge in [0.2, 0.25) is 11.8 Å². The van der Waals surface area contributed by atoms with Crippen molar-refractivity contribution in [3.8, 4) is 5.75 Å². The second-order valence-electron chi connectivity index (χ2n) is 5.09. The number of halogens is 1. The number of para-hydroxylation sites is 1. The highest BCUT2D eigenvalue weighted by atomic mass is 35.5. The Balaban J connectivity index is 1.79. The molecule has 130 valence electrons. The molecule has 2 aromatic rings. The Morgan fingerprint density at radius 3 is 2.56 bits per heavy atom. The van der Waals surface area contributed by atoms with Crippen molar-refractivity contribution in [2.24, 2.45) is 5.10 Å². The van der Waals surface area contributed by atoms with Crippen LogP contribution in [0.3, 0.4) is 0 Å². The predicted octanol–water partition coefficient (Wildman–Crippen LogP) is 3.22. The van der Waals surface area contributed by atoms with Gasteiger partial charge in [-0.3, -0.25) is 9.59 Å². The molecule has 0 saturated carbocycles. The van der Waals surface area contributed by atoms with E-state index in [1.807, 2.05) is 18.2 Å². The number of hydrogen-bond donors (Lipinski definition) is 2. The fraction of sp³-hybridized carbons (Fsp3) is 0.167. The average Bonchev–Trinajstić information content (AvgIpc) is 2.61. The van der Waals surface area contributed by atoms with Crippen LogP contribution in [-0.4, -0.2) is 25.1 Å². The highest BCUT2D eigenvalue weighted by Gasteiger charge is 2.07. The van der Waals surface area contributed by atoms with Crippen molar-refractivity contribution in [2.45, 2.75) is 12.8 Å². The molecule has 0 radical (unpaired) electrons. The van der Waals surface area contributed by atoms with Crippen LogP contribution in [0.4, 0.5) is 5.69 Å². The highest BCUT2D eigenvalue weighted by Crippen LogP contribution is 2.20. The van der Waals surface area contributed by atoms with Crippen molar-refractivity contribution in [3.05, 3.63) is 59.1 Å². The zero-order valence-corrected chi connectivity index (χ0v) is 14.4. The van der Waals surface area contributed by atoms with Crippen LogP contribution >= 0.6 is 11.6 Å². The summed E-state index contributed by atoms with van der Waals surface area (Å²) in [6.07, 6.45) is 1.53. The number of rotatable bonds is 7. The summed E-state index contributed by atoms with van der Waals surface area (Å²) >= 11 is 5.92. The molecular weight excluding hydrogens is 342 g/mol. The normalized spacial score (nSPS) is 10.5. The number of nitrogens with one attached hydrogen (secondary N) is 2. The largest absolute Gasteiger partial charge is 0.496 e. The summed E-state index contributed by atoms with van der Waals surface area (Å²) in [5.74, 6) is -0.00747. The van der Waals surface area contributed by atoms with Crippen LogP contribution in [0.25, 0.3) is 0 Å². The number of anilines is 1. The van der Waals surface area contributed by atoms with E-state index in [-0.39, 0.29) is 24.7 Å². The maximum atomic E-state index is 11.8. The number of benzene rings is 2. The Morgan fingerprint density at radius 1 is 1.12 bits per heavy atom. The molecular formula is C18H18ClN3O3. The SMILES string of the molecule is COc1ccc(Cl)cc1C=NNC(=O)CCC(=O)Nc1ccccc1. The van der Waals surface area contributed by atoms with Gasteiger partial charge in [-0.25, -0.2) is 5.43 Å². The van der Waals surface area contributed by atoms with E-state index in [1.165, 1.54) is 13.3 Å². The molecule has 25 heavy (non-hydrogen) atoms. The Kier molecular flexibility index (Phi) is 6.98. The van der Waals surface area contributed by atoms with Gasteiger partial charge < -0.3 is 10.1 Å². The lowest BCUT2D eigenvalue weighted by molar-refractivity contribution is -0.124. The van der Waals surface area contributed by atoms with Gasteiger partial charge in [-0.1, -0.05) is 29.8 Å². The van der Waals surface area contributed by atoms with E-state index in [0.29, 0.717) is 22.0 Å². The fourth-order valence-electron chi connectivity index (χ4n) is 2.01. The summed E-state index contributed by atoms with van der Waals surface area (Å²) in [5.41, 5.74) is 3.70. The maximum absolute atomic E-state index is 11.8. The van der Waals surface area contributed by atoms with Crippen LogP contribution < -0.4 is 15.5 Å². The summed E-state index contributed by atoms with van der Waals surface area (Å²) in [7, 11) is 1.53. The van der Waals surface area contributed by atoms with Crippen molar-refractivity contribution < 1.29 is 14.3 Å². The minimum atomic E-state index is -0.361. The summed E-state index contributed by atoms with van der Waals surface area (Å²) < 4.78 is 5.18. The molecule has 2 amide bonds. The van der Waals surface area contributed by atoms with Gasteiger partial charge in [0.05, 0.1) is 13.3 Å². The third kappa shape index (κ3) is 6.27. The van der Waals surface area contributed by atoms with Crippen LogP contribution in [0.15, 0.2) is 53.6 Å². The molecule has 0 fully saturated rings. The molecule has 0 saturated heterocycles. The zero-order chi connectivity index (χ0) is 18.1. The first-order chi connectivity index (χ1) is 12.1. The van der Waals surface area contributed by atoms with Gasteiger partial charge in [-0.15, -0.1) is 0 Å². The number of hydrogen-bond acceptors (Lipinski definition) is 4. The standard InChI is InChI=1S/C18H18ClN3O3/c1-25-16-8-7-14(19)11-13(16)12-20-22-18(24)10-9-17(23)21-15-5-3-2-4-6-15/h2-8,11-12H,9-10H2,1H3,(H,21,23)(H,22,24). The number of methoxy groups -OCH3 is 1. The topological polar surface area (TPSA) is 79.8 Å². The average molecular weight is 360 g/mol. The summed E-state index contributed by atoms with van der Waals surface area (Å²) in [6, 6.07) is 14.1. The Hall–Kier alpha value is -2.86. The van der Waals surface area contributed by atoms with Crippen molar-refractivity contribution in [3.63, 3.8) is 0 Å². The van der Waals surface area contributed by atoms with E-state index in [2.05, 4.69) is 15.8 Å². The van der Waals surface area contributed by atoms with Crippen LogP contribution in [0.1, 0.15) is 18.4 Å². The first kappa shape index (κ1) is 18.5. The Morgan fingerprint density at radius 2 is 1.84 bits per heavy atom. The van der Waals surface area contributed by atoms with Gasteiger partial charge in [0, 0.05) is 29.1 Å². The summed E-state index contributed by atoms with van der Waals surface area (Å²) in [4.78, 5) is 23.5. The third-order valence-corrected chi connectivity index (χ3v) is 3.46. The molecule has 0 aliphatic rings. The lowest BCUT2D eigenvalue weighted by atomic mass is 10.2. The van der Waals surface area contributed by atoms with Crippen molar-refractivity contribution in [2.75, 3.05) is 12.4 Å². The second-order valence-corrected chi connectivity index (χ2v) is 5.53. The van der Waals surface area contributed by atoms with Crippen LogP contribution in [-0.2, 0) is 9.59 Å². The first-order valence-electron chi connectivity index (χ1n) is 7.59. The lowest BCUT2D eigenvalue weighted by Gasteiger charge is -2.05. The molecule has 0 heterocycles. The maximum Gasteiger partial charge on any atom is 0.240 e. The quantitative estimate of drug-likeness (QED) is 0.588. The van der Waals surface area contributed by atoms with Gasteiger partial charge in [0.1, 0.15) is 5.75 Å². The monoisotopic (exact) mass is 359 g/mol.